The highest BCUT2D eigenvalue weighted by Crippen LogP contribution is 2.42. The van der Waals surface area contributed by atoms with E-state index >= 15 is 0 Å². The van der Waals surface area contributed by atoms with Crippen molar-refractivity contribution in [3.8, 4) is 0 Å². The van der Waals surface area contributed by atoms with E-state index in [0.29, 0.717) is 50.8 Å². The van der Waals surface area contributed by atoms with Crippen LogP contribution >= 0.6 is 0 Å². The Hall–Kier alpha value is -2.65. The van der Waals surface area contributed by atoms with Gasteiger partial charge in [0.05, 0.1) is 19.7 Å². The summed E-state index contributed by atoms with van der Waals surface area (Å²) in [4.78, 5) is 30.8. The van der Waals surface area contributed by atoms with Crippen molar-refractivity contribution in [3.05, 3.63) is 42.1 Å². The van der Waals surface area contributed by atoms with Crippen LogP contribution in [0.25, 0.3) is 0 Å². The number of hydrogen-bond acceptors (Lipinski definition) is 6. The first kappa shape index (κ1) is 19.7. The maximum absolute atomic E-state index is 13.0. The van der Waals surface area contributed by atoms with Crippen LogP contribution in [0, 0.1) is 11.3 Å². The lowest BCUT2D eigenvalue weighted by Gasteiger charge is -2.27. The number of fused-ring (bicyclic) bond motifs is 1. The van der Waals surface area contributed by atoms with Gasteiger partial charge >= 0.3 is 0 Å². The molecule has 0 saturated carbocycles. The van der Waals surface area contributed by atoms with Crippen molar-refractivity contribution in [3.63, 3.8) is 0 Å². The molecule has 2 amide bonds. The number of aliphatic hydroxyl groups is 1. The number of likely N-dealkylation sites (N-methyl/N-ethyl adjacent to an activating group) is 1. The molecule has 0 aromatic carbocycles. The van der Waals surface area contributed by atoms with Crippen LogP contribution in [-0.2, 0) is 11.3 Å². The molecule has 29 heavy (non-hydrogen) atoms. The SMILES string of the molecule is CN(C)CC(=O)N1C[C@@H]2CN(C(=O)c3ccc(Cn4cccn4)o3)C[C@]2(CO)C1. The number of furan rings is 1. The summed E-state index contributed by atoms with van der Waals surface area (Å²) >= 11 is 0. The van der Waals surface area contributed by atoms with Crippen LogP contribution in [0.5, 0.6) is 0 Å². The Balaban J connectivity index is 1.41. The van der Waals surface area contributed by atoms with E-state index < -0.39 is 5.41 Å². The van der Waals surface area contributed by atoms with Gasteiger partial charge in [-0.05, 0) is 32.3 Å². The van der Waals surface area contributed by atoms with Gasteiger partial charge in [0.2, 0.25) is 5.91 Å². The molecular formula is C20H27N5O4. The van der Waals surface area contributed by atoms with Crippen LogP contribution in [0.3, 0.4) is 0 Å². The molecular weight excluding hydrogens is 374 g/mol. The third-order valence-electron chi connectivity index (χ3n) is 5.91. The lowest BCUT2D eigenvalue weighted by Crippen LogP contribution is -2.42. The average Bonchev–Trinajstić information content (AvgIpc) is 3.44. The van der Waals surface area contributed by atoms with Crippen LogP contribution in [0.4, 0.5) is 0 Å². The first-order valence-corrected chi connectivity index (χ1v) is 9.79. The van der Waals surface area contributed by atoms with E-state index in [2.05, 4.69) is 5.10 Å². The van der Waals surface area contributed by atoms with Crippen molar-refractivity contribution < 1.29 is 19.1 Å². The lowest BCUT2D eigenvalue weighted by molar-refractivity contribution is -0.131. The number of nitrogens with zero attached hydrogens (tertiary/aromatic N) is 5. The van der Waals surface area contributed by atoms with Gasteiger partial charge in [-0.15, -0.1) is 0 Å². The Morgan fingerprint density at radius 2 is 2.03 bits per heavy atom. The van der Waals surface area contributed by atoms with Crippen molar-refractivity contribution in [1.82, 2.24) is 24.5 Å². The minimum atomic E-state index is -0.456. The molecule has 156 valence electrons. The van der Waals surface area contributed by atoms with Gasteiger partial charge in [-0.3, -0.25) is 14.3 Å². The standard InChI is InChI=1S/C20H27N5O4/c1-22(2)11-18(27)23-8-15-9-24(13-20(15,12-23)14-26)19(28)17-5-4-16(29-17)10-25-7-3-6-21-25/h3-7,15,26H,8-14H2,1-2H3/t15-,20+/m1/s1. The summed E-state index contributed by atoms with van der Waals surface area (Å²) < 4.78 is 7.47. The molecule has 0 bridgehead atoms. The molecule has 2 aromatic heterocycles. The Bertz CT molecular complexity index is 877. The van der Waals surface area contributed by atoms with Gasteiger partial charge in [-0.2, -0.15) is 5.10 Å². The number of aromatic nitrogens is 2. The molecule has 1 N–H and O–H groups in total. The number of amides is 2. The predicted octanol–water partition coefficient (Wildman–Crippen LogP) is -0.0211. The van der Waals surface area contributed by atoms with Crippen molar-refractivity contribution in [2.75, 3.05) is 53.4 Å². The number of rotatable bonds is 6. The molecule has 2 aliphatic heterocycles. The molecule has 0 aliphatic carbocycles. The summed E-state index contributed by atoms with van der Waals surface area (Å²) in [6.07, 6.45) is 3.53. The van der Waals surface area contributed by atoms with Crippen LogP contribution in [-0.4, -0.2) is 94.8 Å². The summed E-state index contributed by atoms with van der Waals surface area (Å²) in [5, 5.41) is 14.2. The number of hydrogen-bond donors (Lipinski definition) is 1. The summed E-state index contributed by atoms with van der Waals surface area (Å²) in [6.45, 7) is 2.76. The third-order valence-corrected chi connectivity index (χ3v) is 5.91. The second-order valence-electron chi connectivity index (χ2n) is 8.38. The largest absolute Gasteiger partial charge is 0.454 e. The highest BCUT2D eigenvalue weighted by atomic mass is 16.4. The number of aliphatic hydroxyl groups excluding tert-OH is 1. The minimum Gasteiger partial charge on any atom is -0.454 e. The van der Waals surface area contributed by atoms with E-state index in [0.717, 1.165) is 0 Å². The molecule has 2 fully saturated rings. The predicted molar refractivity (Wildman–Crippen MR) is 104 cm³/mol. The van der Waals surface area contributed by atoms with Crippen molar-refractivity contribution >= 4 is 11.8 Å². The Labute approximate surface area is 169 Å². The summed E-state index contributed by atoms with van der Waals surface area (Å²) in [5.41, 5.74) is -0.456. The number of likely N-dealkylation sites (tertiary alicyclic amines) is 2. The molecule has 4 heterocycles. The normalized spacial score (nSPS) is 23.8. The average molecular weight is 401 g/mol. The van der Waals surface area contributed by atoms with Gasteiger partial charge < -0.3 is 24.2 Å². The van der Waals surface area contributed by atoms with E-state index in [4.69, 9.17) is 4.42 Å². The van der Waals surface area contributed by atoms with Gasteiger partial charge in [-0.25, -0.2) is 0 Å². The van der Waals surface area contributed by atoms with Gasteiger partial charge in [0, 0.05) is 49.9 Å². The summed E-state index contributed by atoms with van der Waals surface area (Å²) in [5.74, 6) is 0.908. The van der Waals surface area contributed by atoms with Crippen molar-refractivity contribution in [2.24, 2.45) is 11.3 Å². The zero-order valence-corrected chi connectivity index (χ0v) is 16.8. The molecule has 0 radical (unpaired) electrons. The van der Waals surface area contributed by atoms with Crippen molar-refractivity contribution in [2.45, 2.75) is 6.54 Å². The quantitative estimate of drug-likeness (QED) is 0.731. The maximum Gasteiger partial charge on any atom is 0.289 e. The topological polar surface area (TPSA) is 95.1 Å². The Kier molecular flexibility index (Phi) is 5.18. The highest BCUT2D eigenvalue weighted by molar-refractivity contribution is 5.92. The fourth-order valence-corrected chi connectivity index (χ4v) is 4.41. The molecule has 0 unspecified atom stereocenters. The zero-order chi connectivity index (χ0) is 20.6. The number of carbonyl (C=O) groups is 2. The monoisotopic (exact) mass is 401 g/mol. The zero-order valence-electron chi connectivity index (χ0n) is 16.8. The smallest absolute Gasteiger partial charge is 0.289 e. The lowest BCUT2D eigenvalue weighted by atomic mass is 9.82. The fraction of sp³-hybridized carbons (Fsp3) is 0.550. The molecule has 9 nitrogen and oxygen atoms in total. The first-order chi connectivity index (χ1) is 13.9. The van der Waals surface area contributed by atoms with Gasteiger partial charge in [0.25, 0.3) is 5.91 Å². The van der Waals surface area contributed by atoms with Crippen molar-refractivity contribution in [1.29, 1.82) is 0 Å². The minimum absolute atomic E-state index is 0.0457. The Morgan fingerprint density at radius 1 is 1.28 bits per heavy atom. The molecule has 2 atom stereocenters. The molecule has 2 saturated heterocycles. The molecule has 9 heteroatoms. The second-order valence-corrected chi connectivity index (χ2v) is 8.38. The van der Waals surface area contributed by atoms with Gasteiger partial charge in [0.15, 0.2) is 5.76 Å². The van der Waals surface area contributed by atoms with Crippen LogP contribution < -0.4 is 0 Å². The van der Waals surface area contributed by atoms with Gasteiger partial charge in [0.1, 0.15) is 5.76 Å². The second kappa shape index (κ2) is 7.64. The van der Waals surface area contributed by atoms with Gasteiger partial charge in [-0.1, -0.05) is 0 Å². The van der Waals surface area contributed by atoms with E-state index in [1.54, 1.807) is 27.9 Å². The van der Waals surface area contributed by atoms with Crippen LogP contribution in [0.15, 0.2) is 35.0 Å². The highest BCUT2D eigenvalue weighted by Gasteiger charge is 2.54. The summed E-state index contributed by atoms with van der Waals surface area (Å²) in [7, 11) is 3.72. The van der Waals surface area contributed by atoms with E-state index in [1.165, 1.54) is 0 Å². The van der Waals surface area contributed by atoms with Crippen LogP contribution in [0.1, 0.15) is 16.3 Å². The van der Waals surface area contributed by atoms with E-state index in [9.17, 15) is 14.7 Å². The molecule has 2 aromatic rings. The Morgan fingerprint density at radius 3 is 2.69 bits per heavy atom. The fourth-order valence-electron chi connectivity index (χ4n) is 4.41. The van der Waals surface area contributed by atoms with E-state index in [-0.39, 0.29) is 24.3 Å². The van der Waals surface area contributed by atoms with Crippen LogP contribution in [0.2, 0.25) is 0 Å². The molecule has 4 rings (SSSR count). The summed E-state index contributed by atoms with van der Waals surface area (Å²) in [6, 6.07) is 5.31. The van der Waals surface area contributed by atoms with E-state index in [1.807, 2.05) is 36.2 Å². The molecule has 0 spiro atoms. The number of carbonyl (C=O) groups excluding carboxylic acids is 2. The first-order valence-electron chi connectivity index (χ1n) is 9.79. The molecule has 2 aliphatic rings. The third kappa shape index (κ3) is 3.79. The maximum atomic E-state index is 13.0.